The van der Waals surface area contributed by atoms with Gasteiger partial charge >= 0.3 is 0 Å². The van der Waals surface area contributed by atoms with Gasteiger partial charge in [0, 0.05) is 55.5 Å². The molecular formula is C62H40N4O3. The maximum atomic E-state index is 6.87. The van der Waals surface area contributed by atoms with Crippen molar-refractivity contribution in [3.8, 4) is 56.3 Å². The summed E-state index contributed by atoms with van der Waals surface area (Å²) in [5.74, 6) is 2.47. The number of hydrogen-bond acceptors (Lipinski definition) is 7. The van der Waals surface area contributed by atoms with E-state index in [0.717, 1.165) is 101 Å². The lowest BCUT2D eigenvalue weighted by molar-refractivity contribution is 0.223. The molecule has 0 fully saturated rings. The smallest absolute Gasteiger partial charge is 0.231 e. The molecule has 2 aromatic heterocycles. The first kappa shape index (κ1) is 38.2. The van der Waals surface area contributed by atoms with E-state index in [-0.39, 0.29) is 24.3 Å². The summed E-state index contributed by atoms with van der Waals surface area (Å²) in [6.45, 7) is 0. The summed E-state index contributed by atoms with van der Waals surface area (Å²) in [6.07, 6.45) is -0.371. The minimum absolute atomic E-state index is 0.0583. The fraction of sp³-hybridized carbons (Fsp3) is 0.0645. The van der Waals surface area contributed by atoms with Gasteiger partial charge in [-0.1, -0.05) is 140 Å². The lowest BCUT2D eigenvalue weighted by Gasteiger charge is -2.26. The molecule has 7 nitrogen and oxygen atoms in total. The number of furan rings is 1. The number of hydrogen-bond donors (Lipinski definition) is 0. The molecular weight excluding hydrogens is 849 g/mol. The first-order valence-corrected chi connectivity index (χ1v) is 23.6. The maximum absolute atomic E-state index is 6.87. The lowest BCUT2D eigenvalue weighted by atomic mass is 9.96. The molecule has 326 valence electrons. The lowest BCUT2D eigenvalue weighted by Crippen LogP contribution is -2.22. The van der Waals surface area contributed by atoms with E-state index in [1.165, 1.54) is 16.8 Å². The summed E-state index contributed by atoms with van der Waals surface area (Å²) in [4.78, 5) is 15.3. The van der Waals surface area contributed by atoms with Crippen molar-refractivity contribution in [3.63, 3.8) is 0 Å². The summed E-state index contributed by atoms with van der Waals surface area (Å²) in [5, 5.41) is 2.14. The van der Waals surface area contributed by atoms with Crippen LogP contribution in [0.25, 0.3) is 66.7 Å². The monoisotopic (exact) mass is 888 g/mol. The van der Waals surface area contributed by atoms with Crippen molar-refractivity contribution in [3.05, 3.63) is 241 Å². The summed E-state index contributed by atoms with van der Waals surface area (Å²) < 4.78 is 20.1. The summed E-state index contributed by atoms with van der Waals surface area (Å²) in [6, 6.07) is 76.8. The third-order valence-corrected chi connectivity index (χ3v) is 14.5. The number of anilines is 4. The zero-order valence-corrected chi connectivity index (χ0v) is 37.1. The number of nitrogens with zero attached hydrogens (tertiary/aromatic N) is 4. The molecule has 6 heterocycles. The van der Waals surface area contributed by atoms with E-state index >= 15 is 0 Å². The van der Waals surface area contributed by atoms with E-state index in [1.807, 2.05) is 18.2 Å². The highest BCUT2D eigenvalue weighted by atomic mass is 16.5. The maximum Gasteiger partial charge on any atom is 0.231 e. The van der Waals surface area contributed by atoms with E-state index in [2.05, 4.69) is 210 Å². The van der Waals surface area contributed by atoms with Gasteiger partial charge in [0.1, 0.15) is 34.7 Å². The molecule has 0 saturated carbocycles. The molecule has 69 heavy (non-hydrogen) atoms. The fourth-order valence-corrected chi connectivity index (χ4v) is 11.4. The molecule has 0 spiro atoms. The van der Waals surface area contributed by atoms with Gasteiger partial charge in [-0.3, -0.25) is 4.90 Å². The van der Waals surface area contributed by atoms with Gasteiger partial charge in [-0.2, -0.15) is 0 Å². The van der Waals surface area contributed by atoms with Gasteiger partial charge in [-0.25, -0.2) is 9.97 Å². The highest BCUT2D eigenvalue weighted by Crippen LogP contribution is 2.60. The molecule has 0 N–H and O–H groups in total. The Bertz CT molecular complexity index is 3800. The Labute approximate surface area is 398 Å². The normalized spacial score (nSPS) is 18.0. The first-order valence-electron chi connectivity index (χ1n) is 23.6. The van der Waals surface area contributed by atoms with Crippen LogP contribution in [-0.4, -0.2) is 9.97 Å². The average Bonchev–Trinajstić information content (AvgIpc) is 4.23. The Morgan fingerprint density at radius 3 is 1.32 bits per heavy atom. The Hall–Kier alpha value is -8.94. The zero-order valence-electron chi connectivity index (χ0n) is 37.1. The highest BCUT2D eigenvalue weighted by Gasteiger charge is 2.49. The molecule has 4 aliphatic heterocycles. The topological polar surface area (TPSA) is 63.9 Å². The molecule has 0 saturated heterocycles. The van der Waals surface area contributed by atoms with Crippen molar-refractivity contribution >= 4 is 44.9 Å². The van der Waals surface area contributed by atoms with Crippen molar-refractivity contribution in [2.24, 2.45) is 0 Å². The van der Waals surface area contributed by atoms with E-state index in [0.29, 0.717) is 5.95 Å². The molecule has 15 rings (SSSR count). The number of rotatable bonds is 6. The molecule has 4 unspecified atom stereocenters. The van der Waals surface area contributed by atoms with E-state index in [9.17, 15) is 0 Å². The Morgan fingerprint density at radius 1 is 0.348 bits per heavy atom. The third kappa shape index (κ3) is 5.87. The van der Waals surface area contributed by atoms with E-state index in [4.69, 9.17) is 23.9 Å². The van der Waals surface area contributed by atoms with Crippen LogP contribution < -0.4 is 19.3 Å². The van der Waals surface area contributed by atoms with Gasteiger partial charge in [0.2, 0.25) is 5.95 Å². The second-order valence-corrected chi connectivity index (χ2v) is 18.4. The van der Waals surface area contributed by atoms with Crippen molar-refractivity contribution in [2.75, 3.05) is 9.80 Å². The van der Waals surface area contributed by atoms with Gasteiger partial charge in [-0.05, 0) is 101 Å². The van der Waals surface area contributed by atoms with Gasteiger partial charge in [0.15, 0.2) is 12.2 Å². The number of ether oxygens (including phenoxy) is 2. The Balaban J connectivity index is 0.820. The number of benzene rings is 9. The van der Waals surface area contributed by atoms with Crippen LogP contribution in [-0.2, 0) is 0 Å². The second kappa shape index (κ2) is 14.8. The molecule has 0 radical (unpaired) electrons. The van der Waals surface area contributed by atoms with Crippen LogP contribution >= 0.6 is 0 Å². The Kier molecular flexibility index (Phi) is 8.18. The van der Waals surface area contributed by atoms with Gasteiger partial charge in [0.25, 0.3) is 0 Å². The van der Waals surface area contributed by atoms with Crippen molar-refractivity contribution in [1.29, 1.82) is 0 Å². The van der Waals surface area contributed by atoms with Crippen LogP contribution in [0.4, 0.5) is 23.0 Å². The molecule has 0 aliphatic carbocycles. The van der Waals surface area contributed by atoms with Crippen LogP contribution in [0.5, 0.6) is 11.5 Å². The van der Waals surface area contributed by atoms with Crippen molar-refractivity contribution in [1.82, 2.24) is 9.97 Å². The van der Waals surface area contributed by atoms with Crippen LogP contribution in [0.15, 0.2) is 223 Å². The predicted molar refractivity (Wildman–Crippen MR) is 273 cm³/mol. The first-order chi connectivity index (χ1) is 34.2. The van der Waals surface area contributed by atoms with E-state index < -0.39 is 0 Å². The molecule has 4 aliphatic rings. The third-order valence-electron chi connectivity index (χ3n) is 14.5. The van der Waals surface area contributed by atoms with Crippen LogP contribution in [0.3, 0.4) is 0 Å². The minimum Gasteiger partial charge on any atom is -0.483 e. The molecule has 11 aromatic rings. The van der Waals surface area contributed by atoms with Crippen molar-refractivity contribution in [2.45, 2.75) is 24.3 Å². The molecule has 0 bridgehead atoms. The second-order valence-electron chi connectivity index (χ2n) is 18.4. The summed E-state index contributed by atoms with van der Waals surface area (Å²) in [7, 11) is 0. The number of para-hydroxylation sites is 3. The number of fused-ring (bicyclic) bond motifs is 13. The highest BCUT2D eigenvalue weighted by molar-refractivity contribution is 6.08. The number of aromatic nitrogens is 2. The van der Waals surface area contributed by atoms with E-state index in [1.54, 1.807) is 0 Å². The molecule has 4 atom stereocenters. The zero-order chi connectivity index (χ0) is 45.2. The SMILES string of the molecule is c1ccc(-c2cc(-c3ccccc3)nc(N3c4ccc(-c5ccc6oc7ccc(-c8ccc9c(c8)C8Oc%10ccccc%10C8N9c8ccccc8)cc7c6c5)cc4C4Oc5ccccc5C43)n2)cc1. The standard InChI is InChI=1S/C62H40N4O3/c1-4-14-37(15-5-1)50-36-51(38-16-6-2-7-17-38)64-62(63-50)66-53-29-25-40(35-49(53)61-59(66)45-21-11-13-23-55(45)69-61)42-27-31-57-47(33-42)46-32-41(26-30-56(46)67-57)39-24-28-52-48(34-39)60-58(44-20-10-12-22-54(44)68-60)65(52)43-18-8-3-9-19-43/h1-36,58-61H. The predicted octanol–water partition coefficient (Wildman–Crippen LogP) is 15.7. The van der Waals surface area contributed by atoms with Gasteiger partial charge in [-0.15, -0.1) is 0 Å². The van der Waals surface area contributed by atoms with Crippen LogP contribution in [0.2, 0.25) is 0 Å². The average molecular weight is 889 g/mol. The minimum atomic E-state index is -0.256. The quantitative estimate of drug-likeness (QED) is 0.165. The summed E-state index contributed by atoms with van der Waals surface area (Å²) >= 11 is 0. The van der Waals surface area contributed by atoms with Gasteiger partial charge < -0.3 is 18.8 Å². The van der Waals surface area contributed by atoms with Crippen molar-refractivity contribution < 1.29 is 13.9 Å². The van der Waals surface area contributed by atoms with Crippen LogP contribution in [0, 0.1) is 0 Å². The molecule has 0 amide bonds. The van der Waals surface area contributed by atoms with Gasteiger partial charge in [0.05, 0.1) is 17.1 Å². The largest absolute Gasteiger partial charge is 0.483 e. The Morgan fingerprint density at radius 2 is 0.783 bits per heavy atom. The summed E-state index contributed by atoms with van der Waals surface area (Å²) in [5.41, 5.74) is 18.0. The fourth-order valence-electron chi connectivity index (χ4n) is 11.4. The molecule has 9 aromatic carbocycles. The van der Waals surface area contributed by atoms with Crippen LogP contribution in [0.1, 0.15) is 46.5 Å². The molecule has 7 heteroatoms.